The molecule has 0 bridgehead atoms. The Labute approximate surface area is 155 Å². The van der Waals surface area contributed by atoms with E-state index in [1.165, 1.54) is 0 Å². The number of aromatic nitrogens is 1. The van der Waals surface area contributed by atoms with E-state index < -0.39 is 5.97 Å². The van der Waals surface area contributed by atoms with Crippen LogP contribution in [0.25, 0.3) is 32.9 Å². The lowest BCUT2D eigenvalue weighted by molar-refractivity contribution is 0.0529. The lowest BCUT2D eigenvalue weighted by Crippen LogP contribution is -2.05. The fourth-order valence-electron chi connectivity index (χ4n) is 3.29. The molecule has 0 aliphatic heterocycles. The van der Waals surface area contributed by atoms with Crippen LogP contribution in [0.15, 0.2) is 54.6 Å². The van der Waals surface area contributed by atoms with Gasteiger partial charge in [-0.1, -0.05) is 48.0 Å². The van der Waals surface area contributed by atoms with Crippen LogP contribution in [0.4, 0.5) is 0 Å². The normalized spacial score (nSPS) is 11.2. The van der Waals surface area contributed by atoms with Crippen molar-refractivity contribution in [2.24, 2.45) is 0 Å². The Morgan fingerprint density at radius 1 is 1.08 bits per heavy atom. The standard InChI is InChI=1S/C21H16ClNO3/c1-2-26-21(25)18-16-11-17(24)14-8-3-4-9-15(14)20(16)23-19(18)12-6-5-7-13(22)10-12/h3-11,23-24H,2H2,1H3. The highest BCUT2D eigenvalue weighted by molar-refractivity contribution is 6.31. The van der Waals surface area contributed by atoms with Crippen molar-refractivity contribution < 1.29 is 14.6 Å². The van der Waals surface area contributed by atoms with Gasteiger partial charge < -0.3 is 14.8 Å². The average Bonchev–Trinajstić information content (AvgIpc) is 3.02. The smallest absolute Gasteiger partial charge is 0.340 e. The number of carbonyl (C=O) groups excluding carboxylic acids is 1. The molecule has 1 aromatic heterocycles. The van der Waals surface area contributed by atoms with E-state index in [9.17, 15) is 9.90 Å². The minimum absolute atomic E-state index is 0.121. The number of rotatable bonds is 3. The fourth-order valence-corrected chi connectivity index (χ4v) is 3.48. The number of hydrogen-bond donors (Lipinski definition) is 2. The minimum atomic E-state index is -0.441. The van der Waals surface area contributed by atoms with Gasteiger partial charge in [-0.15, -0.1) is 0 Å². The molecule has 4 rings (SSSR count). The highest BCUT2D eigenvalue weighted by Gasteiger charge is 2.23. The number of nitrogens with one attached hydrogen (secondary N) is 1. The number of phenols is 1. The van der Waals surface area contributed by atoms with E-state index in [2.05, 4.69) is 4.98 Å². The number of aromatic hydroxyl groups is 1. The van der Waals surface area contributed by atoms with Crippen LogP contribution in [0.2, 0.25) is 5.02 Å². The summed E-state index contributed by atoms with van der Waals surface area (Å²) in [5.41, 5.74) is 2.57. The molecule has 0 amide bonds. The van der Waals surface area contributed by atoms with Gasteiger partial charge in [0, 0.05) is 26.7 Å². The van der Waals surface area contributed by atoms with Crippen molar-refractivity contribution in [1.82, 2.24) is 4.98 Å². The first kappa shape index (κ1) is 16.5. The quantitative estimate of drug-likeness (QED) is 0.469. The molecular formula is C21H16ClNO3. The van der Waals surface area contributed by atoms with Gasteiger partial charge >= 0.3 is 5.97 Å². The molecule has 3 aromatic carbocycles. The van der Waals surface area contributed by atoms with E-state index in [0.29, 0.717) is 27.1 Å². The minimum Gasteiger partial charge on any atom is -0.507 e. The third-order valence-corrected chi connectivity index (χ3v) is 4.62. The third-order valence-electron chi connectivity index (χ3n) is 4.38. The molecular weight excluding hydrogens is 350 g/mol. The molecule has 0 saturated carbocycles. The van der Waals surface area contributed by atoms with Crippen LogP contribution in [0.1, 0.15) is 17.3 Å². The van der Waals surface area contributed by atoms with Gasteiger partial charge in [-0.05, 0) is 25.1 Å². The zero-order valence-electron chi connectivity index (χ0n) is 14.0. The number of carbonyl (C=O) groups is 1. The molecule has 2 N–H and O–H groups in total. The van der Waals surface area contributed by atoms with Crippen LogP contribution in [0, 0.1) is 0 Å². The number of fused-ring (bicyclic) bond motifs is 3. The van der Waals surface area contributed by atoms with Gasteiger partial charge in [0.1, 0.15) is 5.75 Å². The number of ether oxygens (including phenoxy) is 1. The first-order valence-corrected chi connectivity index (χ1v) is 8.67. The number of hydrogen-bond acceptors (Lipinski definition) is 3. The Morgan fingerprint density at radius 3 is 2.58 bits per heavy atom. The van der Waals surface area contributed by atoms with Gasteiger partial charge in [-0.2, -0.15) is 0 Å². The molecule has 4 nitrogen and oxygen atoms in total. The SMILES string of the molecule is CCOC(=O)c1c(-c2cccc(Cl)c2)[nH]c2c1cc(O)c1ccccc12. The van der Waals surface area contributed by atoms with Crippen molar-refractivity contribution in [2.45, 2.75) is 6.92 Å². The summed E-state index contributed by atoms with van der Waals surface area (Å²) >= 11 is 6.14. The fraction of sp³-hybridized carbons (Fsp3) is 0.0952. The molecule has 0 spiro atoms. The Bertz CT molecular complexity index is 1150. The van der Waals surface area contributed by atoms with Crippen LogP contribution in [0.5, 0.6) is 5.75 Å². The van der Waals surface area contributed by atoms with Gasteiger partial charge in [-0.25, -0.2) is 4.79 Å². The van der Waals surface area contributed by atoms with Gasteiger partial charge in [-0.3, -0.25) is 0 Å². The molecule has 130 valence electrons. The third kappa shape index (κ3) is 2.59. The molecule has 0 aliphatic rings. The van der Waals surface area contributed by atoms with E-state index in [0.717, 1.165) is 16.5 Å². The predicted molar refractivity (Wildman–Crippen MR) is 104 cm³/mol. The molecule has 0 aliphatic carbocycles. The molecule has 0 atom stereocenters. The summed E-state index contributed by atoms with van der Waals surface area (Å²) in [6.45, 7) is 2.03. The Hall–Kier alpha value is -2.98. The zero-order valence-corrected chi connectivity index (χ0v) is 14.8. The van der Waals surface area contributed by atoms with Crippen molar-refractivity contribution >= 4 is 39.2 Å². The monoisotopic (exact) mass is 365 g/mol. The predicted octanol–water partition coefficient (Wildman–Crippen LogP) is 5.52. The second-order valence-corrected chi connectivity index (χ2v) is 6.41. The highest BCUT2D eigenvalue weighted by atomic mass is 35.5. The first-order chi connectivity index (χ1) is 12.6. The van der Waals surface area contributed by atoms with E-state index in [1.54, 1.807) is 25.1 Å². The van der Waals surface area contributed by atoms with E-state index in [4.69, 9.17) is 16.3 Å². The number of aromatic amines is 1. The van der Waals surface area contributed by atoms with Gasteiger partial charge in [0.05, 0.1) is 23.4 Å². The molecule has 0 fully saturated rings. The van der Waals surface area contributed by atoms with Crippen molar-refractivity contribution in [3.05, 3.63) is 65.2 Å². The van der Waals surface area contributed by atoms with Crippen molar-refractivity contribution in [3.8, 4) is 17.0 Å². The number of halogens is 1. The summed E-state index contributed by atoms with van der Waals surface area (Å²) in [7, 11) is 0. The Balaban J connectivity index is 2.12. The number of H-pyrrole nitrogens is 1. The first-order valence-electron chi connectivity index (χ1n) is 8.29. The average molecular weight is 366 g/mol. The van der Waals surface area contributed by atoms with Crippen molar-refractivity contribution in [3.63, 3.8) is 0 Å². The Kier molecular flexibility index (Phi) is 4.05. The molecule has 5 heteroatoms. The van der Waals surface area contributed by atoms with Gasteiger partial charge in [0.2, 0.25) is 0 Å². The van der Waals surface area contributed by atoms with Crippen LogP contribution in [0.3, 0.4) is 0 Å². The lowest BCUT2D eigenvalue weighted by atomic mass is 10.0. The molecule has 0 radical (unpaired) electrons. The largest absolute Gasteiger partial charge is 0.507 e. The van der Waals surface area contributed by atoms with Crippen LogP contribution >= 0.6 is 11.6 Å². The van der Waals surface area contributed by atoms with E-state index in [-0.39, 0.29) is 12.4 Å². The second kappa shape index (κ2) is 6.39. The summed E-state index contributed by atoms with van der Waals surface area (Å²) in [5.74, 6) is -0.321. The molecule has 26 heavy (non-hydrogen) atoms. The molecule has 0 saturated heterocycles. The second-order valence-electron chi connectivity index (χ2n) is 5.97. The van der Waals surface area contributed by atoms with Crippen LogP contribution < -0.4 is 0 Å². The van der Waals surface area contributed by atoms with Gasteiger partial charge in [0.15, 0.2) is 0 Å². The Morgan fingerprint density at radius 2 is 1.85 bits per heavy atom. The molecule has 0 unspecified atom stereocenters. The van der Waals surface area contributed by atoms with Crippen LogP contribution in [-0.4, -0.2) is 22.7 Å². The van der Waals surface area contributed by atoms with E-state index >= 15 is 0 Å². The summed E-state index contributed by atoms with van der Waals surface area (Å²) in [6.07, 6.45) is 0. The van der Waals surface area contributed by atoms with Crippen LogP contribution in [-0.2, 0) is 4.74 Å². The maximum absolute atomic E-state index is 12.7. The number of phenolic OH excluding ortho intramolecular Hbond substituents is 1. The summed E-state index contributed by atoms with van der Waals surface area (Å²) in [5, 5.41) is 13.2. The van der Waals surface area contributed by atoms with Crippen molar-refractivity contribution in [2.75, 3.05) is 6.61 Å². The van der Waals surface area contributed by atoms with Gasteiger partial charge in [0.25, 0.3) is 0 Å². The number of benzene rings is 3. The maximum Gasteiger partial charge on any atom is 0.340 e. The topological polar surface area (TPSA) is 62.3 Å². The lowest BCUT2D eigenvalue weighted by Gasteiger charge is -2.06. The summed E-state index contributed by atoms with van der Waals surface area (Å²) < 4.78 is 5.27. The molecule has 4 aromatic rings. The zero-order chi connectivity index (χ0) is 18.3. The van der Waals surface area contributed by atoms with E-state index in [1.807, 2.05) is 36.4 Å². The highest BCUT2D eigenvalue weighted by Crippen LogP contribution is 2.39. The number of esters is 1. The molecule has 1 heterocycles. The summed E-state index contributed by atoms with van der Waals surface area (Å²) in [4.78, 5) is 16.0. The summed E-state index contributed by atoms with van der Waals surface area (Å²) in [6, 6.07) is 16.4. The van der Waals surface area contributed by atoms with Crippen molar-refractivity contribution in [1.29, 1.82) is 0 Å². The maximum atomic E-state index is 12.7.